The molecule has 0 aliphatic carbocycles. The van der Waals surface area contributed by atoms with Gasteiger partial charge in [0.1, 0.15) is 11.5 Å². The molecule has 1 aromatic heterocycles. The number of benzene rings is 2. The van der Waals surface area contributed by atoms with Crippen LogP contribution in [0.4, 0.5) is 0 Å². The van der Waals surface area contributed by atoms with Crippen LogP contribution in [0.25, 0.3) is 6.08 Å². The standard InChI is InChI=1S/C23H22N2O3S/c26-22(19-10-5-2-6-11-19)25-21(16-20-12-7-14-28-20)23(27)24-13-15-29-17-18-8-3-1-4-9-18/h1-12,14,16H,13,15,17H2,(H,24,27)(H,25,26)/b21-16-. The first-order chi connectivity index (χ1) is 14.2. The fourth-order valence-electron chi connectivity index (χ4n) is 2.55. The van der Waals surface area contributed by atoms with Gasteiger partial charge in [-0.05, 0) is 29.8 Å². The molecule has 2 aromatic carbocycles. The van der Waals surface area contributed by atoms with Crippen LogP contribution in [0.15, 0.2) is 89.2 Å². The van der Waals surface area contributed by atoms with Crippen molar-refractivity contribution >= 4 is 29.7 Å². The van der Waals surface area contributed by atoms with Gasteiger partial charge in [0.25, 0.3) is 11.8 Å². The highest BCUT2D eigenvalue weighted by Crippen LogP contribution is 2.11. The number of hydrogen-bond acceptors (Lipinski definition) is 4. The Morgan fingerprint density at radius 3 is 2.34 bits per heavy atom. The van der Waals surface area contributed by atoms with Crippen LogP contribution in [0.5, 0.6) is 0 Å². The van der Waals surface area contributed by atoms with Crippen LogP contribution >= 0.6 is 11.8 Å². The van der Waals surface area contributed by atoms with Gasteiger partial charge < -0.3 is 15.1 Å². The molecule has 3 aromatic rings. The molecule has 0 atom stereocenters. The normalized spacial score (nSPS) is 11.1. The number of rotatable bonds is 9. The van der Waals surface area contributed by atoms with E-state index in [1.807, 2.05) is 24.3 Å². The average Bonchev–Trinajstić information content (AvgIpc) is 3.27. The van der Waals surface area contributed by atoms with Crippen molar-refractivity contribution in [2.24, 2.45) is 0 Å². The largest absolute Gasteiger partial charge is 0.465 e. The van der Waals surface area contributed by atoms with E-state index in [2.05, 4.69) is 22.8 Å². The summed E-state index contributed by atoms with van der Waals surface area (Å²) in [6, 6.07) is 22.4. The lowest BCUT2D eigenvalue weighted by Gasteiger charge is -2.11. The molecular weight excluding hydrogens is 384 g/mol. The molecule has 0 spiro atoms. The first-order valence-corrected chi connectivity index (χ1v) is 10.4. The second-order valence-corrected chi connectivity index (χ2v) is 7.29. The highest BCUT2D eigenvalue weighted by atomic mass is 32.2. The average molecular weight is 407 g/mol. The predicted molar refractivity (Wildman–Crippen MR) is 116 cm³/mol. The topological polar surface area (TPSA) is 71.3 Å². The number of hydrogen-bond donors (Lipinski definition) is 2. The van der Waals surface area contributed by atoms with Crippen molar-refractivity contribution in [1.82, 2.24) is 10.6 Å². The molecule has 3 rings (SSSR count). The molecule has 0 unspecified atom stereocenters. The summed E-state index contributed by atoms with van der Waals surface area (Å²) in [5.74, 6) is 1.43. The summed E-state index contributed by atoms with van der Waals surface area (Å²) in [6.45, 7) is 0.493. The summed E-state index contributed by atoms with van der Waals surface area (Å²) in [4.78, 5) is 25.1. The highest BCUT2D eigenvalue weighted by Gasteiger charge is 2.14. The van der Waals surface area contributed by atoms with E-state index in [1.54, 1.807) is 48.2 Å². The van der Waals surface area contributed by atoms with E-state index in [1.165, 1.54) is 17.9 Å². The van der Waals surface area contributed by atoms with E-state index in [-0.39, 0.29) is 17.5 Å². The van der Waals surface area contributed by atoms with Gasteiger partial charge in [0.05, 0.1) is 6.26 Å². The van der Waals surface area contributed by atoms with Crippen LogP contribution in [0.2, 0.25) is 0 Å². The molecule has 0 saturated heterocycles. The van der Waals surface area contributed by atoms with Gasteiger partial charge in [-0.25, -0.2) is 0 Å². The molecule has 0 fully saturated rings. The van der Waals surface area contributed by atoms with Crippen molar-refractivity contribution in [1.29, 1.82) is 0 Å². The van der Waals surface area contributed by atoms with Gasteiger partial charge in [-0.3, -0.25) is 9.59 Å². The minimum Gasteiger partial charge on any atom is -0.465 e. The molecule has 0 aliphatic rings. The second kappa shape index (κ2) is 10.9. The van der Waals surface area contributed by atoms with Gasteiger partial charge in [-0.1, -0.05) is 48.5 Å². The molecule has 6 heteroatoms. The van der Waals surface area contributed by atoms with Crippen LogP contribution in [0, 0.1) is 0 Å². The maximum absolute atomic E-state index is 12.6. The van der Waals surface area contributed by atoms with Gasteiger partial charge in [0, 0.05) is 29.7 Å². The monoisotopic (exact) mass is 406 g/mol. The van der Waals surface area contributed by atoms with Crippen LogP contribution in [0.3, 0.4) is 0 Å². The molecule has 5 nitrogen and oxygen atoms in total. The number of thioether (sulfide) groups is 1. The van der Waals surface area contributed by atoms with Gasteiger partial charge in [-0.2, -0.15) is 11.8 Å². The first kappa shape index (κ1) is 20.5. The number of carbonyl (C=O) groups is 2. The lowest BCUT2D eigenvalue weighted by atomic mass is 10.2. The van der Waals surface area contributed by atoms with Gasteiger partial charge >= 0.3 is 0 Å². The maximum Gasteiger partial charge on any atom is 0.267 e. The molecular formula is C23H22N2O3S. The van der Waals surface area contributed by atoms with E-state index >= 15 is 0 Å². The Labute approximate surface area is 174 Å². The van der Waals surface area contributed by atoms with E-state index in [0.717, 1.165) is 11.5 Å². The highest BCUT2D eigenvalue weighted by molar-refractivity contribution is 7.98. The van der Waals surface area contributed by atoms with Crippen LogP contribution < -0.4 is 10.6 Å². The third-order valence-corrected chi connectivity index (χ3v) is 5.03. The molecule has 2 amide bonds. The van der Waals surface area contributed by atoms with Crippen LogP contribution in [0.1, 0.15) is 21.7 Å². The van der Waals surface area contributed by atoms with Crippen molar-refractivity contribution in [2.75, 3.05) is 12.3 Å². The lowest BCUT2D eigenvalue weighted by Crippen LogP contribution is -2.35. The summed E-state index contributed by atoms with van der Waals surface area (Å²) in [6.07, 6.45) is 3.04. The molecule has 0 radical (unpaired) electrons. The summed E-state index contributed by atoms with van der Waals surface area (Å²) >= 11 is 1.74. The minimum absolute atomic E-state index is 0.141. The smallest absolute Gasteiger partial charge is 0.267 e. The van der Waals surface area contributed by atoms with Gasteiger partial charge in [0.15, 0.2) is 0 Å². The SMILES string of the molecule is O=C(NCCSCc1ccccc1)/C(=C/c1ccco1)NC(=O)c1ccccc1. The Morgan fingerprint density at radius 1 is 0.931 bits per heavy atom. The molecule has 1 heterocycles. The number of amides is 2. The fourth-order valence-corrected chi connectivity index (χ4v) is 3.37. The Balaban J connectivity index is 1.55. The molecule has 0 bridgehead atoms. The zero-order valence-corrected chi connectivity index (χ0v) is 16.7. The lowest BCUT2D eigenvalue weighted by molar-refractivity contribution is -0.117. The molecule has 148 valence electrons. The van der Waals surface area contributed by atoms with E-state index in [9.17, 15) is 9.59 Å². The second-order valence-electron chi connectivity index (χ2n) is 6.19. The van der Waals surface area contributed by atoms with E-state index < -0.39 is 0 Å². The van der Waals surface area contributed by atoms with Gasteiger partial charge in [0.2, 0.25) is 0 Å². The van der Waals surface area contributed by atoms with Gasteiger partial charge in [-0.15, -0.1) is 0 Å². The quantitative estimate of drug-likeness (QED) is 0.415. The van der Waals surface area contributed by atoms with Crippen molar-refractivity contribution in [3.63, 3.8) is 0 Å². The Morgan fingerprint density at radius 2 is 1.66 bits per heavy atom. The summed E-state index contributed by atoms with van der Waals surface area (Å²) in [5.41, 5.74) is 1.86. The van der Waals surface area contributed by atoms with Crippen molar-refractivity contribution in [3.05, 3.63) is 102 Å². The maximum atomic E-state index is 12.6. The molecule has 0 saturated carbocycles. The van der Waals surface area contributed by atoms with E-state index in [4.69, 9.17) is 4.42 Å². The minimum atomic E-state index is -0.356. The Kier molecular flexibility index (Phi) is 7.72. The zero-order valence-electron chi connectivity index (χ0n) is 15.8. The zero-order chi connectivity index (χ0) is 20.3. The van der Waals surface area contributed by atoms with E-state index in [0.29, 0.717) is 17.9 Å². The summed E-state index contributed by atoms with van der Waals surface area (Å²) in [7, 11) is 0. The van der Waals surface area contributed by atoms with Crippen molar-refractivity contribution in [2.45, 2.75) is 5.75 Å². The van der Waals surface area contributed by atoms with Crippen LogP contribution in [-0.4, -0.2) is 24.1 Å². The van der Waals surface area contributed by atoms with Crippen molar-refractivity contribution in [3.8, 4) is 0 Å². The third-order valence-electron chi connectivity index (χ3n) is 4.00. The summed E-state index contributed by atoms with van der Waals surface area (Å²) in [5, 5.41) is 5.54. The molecule has 0 aliphatic heterocycles. The number of carbonyl (C=O) groups excluding carboxylic acids is 2. The molecule has 2 N–H and O–H groups in total. The third kappa shape index (κ3) is 6.69. The summed E-state index contributed by atoms with van der Waals surface area (Å²) < 4.78 is 5.28. The van der Waals surface area contributed by atoms with Crippen molar-refractivity contribution < 1.29 is 14.0 Å². The van der Waals surface area contributed by atoms with Crippen LogP contribution in [-0.2, 0) is 10.5 Å². The fraction of sp³-hybridized carbons (Fsp3) is 0.130. The molecule has 29 heavy (non-hydrogen) atoms. The number of nitrogens with one attached hydrogen (secondary N) is 2. The predicted octanol–water partition coefficient (Wildman–Crippen LogP) is 4.10. The Hall–Kier alpha value is -3.25. The number of furan rings is 1. The first-order valence-electron chi connectivity index (χ1n) is 9.24. The Bertz CT molecular complexity index is 939.